The highest BCUT2D eigenvalue weighted by atomic mass is 19.2. The lowest BCUT2D eigenvalue weighted by atomic mass is 10.2. The van der Waals surface area contributed by atoms with Gasteiger partial charge in [-0.25, -0.2) is 8.78 Å². The fourth-order valence-electron chi connectivity index (χ4n) is 1.45. The smallest absolute Gasteiger partial charge is 0.291 e. The summed E-state index contributed by atoms with van der Waals surface area (Å²) in [4.78, 5) is 11.8. The molecule has 1 aromatic heterocycles. The van der Waals surface area contributed by atoms with Crippen LogP contribution in [0.5, 0.6) is 0 Å². The molecule has 1 heterocycles. The maximum absolute atomic E-state index is 13.0. The average molecular weight is 251 g/mol. The van der Waals surface area contributed by atoms with Gasteiger partial charge in [-0.2, -0.15) is 0 Å². The first-order chi connectivity index (χ1) is 8.47. The van der Waals surface area contributed by atoms with Crippen molar-refractivity contribution in [3.63, 3.8) is 0 Å². The normalized spacial score (nSPS) is 10.4. The maximum Gasteiger partial charge on any atom is 0.291 e. The van der Waals surface area contributed by atoms with E-state index in [1.807, 2.05) is 6.92 Å². The molecule has 0 atom stereocenters. The topological polar surface area (TPSA) is 42.2 Å². The Morgan fingerprint density at radius 3 is 2.44 bits per heavy atom. The molecule has 1 aromatic carbocycles. The van der Waals surface area contributed by atoms with Crippen LogP contribution in [0.25, 0.3) is 0 Å². The largest absolute Gasteiger partial charge is 0.456 e. The van der Waals surface area contributed by atoms with Crippen molar-refractivity contribution in [2.24, 2.45) is 0 Å². The predicted molar refractivity (Wildman–Crippen MR) is 62.5 cm³/mol. The molecule has 0 spiro atoms. The van der Waals surface area contributed by atoms with Gasteiger partial charge >= 0.3 is 0 Å². The van der Waals surface area contributed by atoms with Gasteiger partial charge in [0.2, 0.25) is 0 Å². The number of aryl methyl sites for hydroxylation is 2. The van der Waals surface area contributed by atoms with Crippen molar-refractivity contribution in [2.75, 3.05) is 5.32 Å². The highest BCUT2D eigenvalue weighted by Gasteiger charge is 2.13. The average Bonchev–Trinajstić information content (AvgIpc) is 2.65. The van der Waals surface area contributed by atoms with Crippen molar-refractivity contribution in [3.8, 4) is 0 Å². The molecule has 0 fully saturated rings. The number of nitrogens with one attached hydrogen (secondary N) is 1. The fraction of sp³-hybridized carbons (Fsp3) is 0.154. The van der Waals surface area contributed by atoms with E-state index in [-0.39, 0.29) is 11.4 Å². The first kappa shape index (κ1) is 12.3. The van der Waals surface area contributed by atoms with Crippen molar-refractivity contribution in [1.82, 2.24) is 0 Å². The summed E-state index contributed by atoms with van der Waals surface area (Å²) in [6.45, 7) is 3.55. The van der Waals surface area contributed by atoms with Gasteiger partial charge < -0.3 is 9.73 Å². The Labute approximate surface area is 102 Å². The second-order valence-corrected chi connectivity index (χ2v) is 3.93. The lowest BCUT2D eigenvalue weighted by Crippen LogP contribution is -2.11. The van der Waals surface area contributed by atoms with E-state index >= 15 is 0 Å². The lowest BCUT2D eigenvalue weighted by molar-refractivity contribution is 0.0995. The molecule has 2 aromatic rings. The molecule has 1 N–H and O–H groups in total. The molecule has 0 aliphatic rings. The summed E-state index contributed by atoms with van der Waals surface area (Å²) < 4.78 is 30.9. The molecule has 0 bridgehead atoms. The summed E-state index contributed by atoms with van der Waals surface area (Å²) in [6, 6.07) is 4.73. The van der Waals surface area contributed by atoms with E-state index in [4.69, 9.17) is 4.42 Å². The second-order valence-electron chi connectivity index (χ2n) is 3.93. The van der Waals surface area contributed by atoms with Gasteiger partial charge in [-0.15, -0.1) is 0 Å². The molecule has 0 unspecified atom stereocenters. The van der Waals surface area contributed by atoms with E-state index in [1.165, 1.54) is 6.07 Å². The van der Waals surface area contributed by atoms with Crippen LogP contribution >= 0.6 is 0 Å². The molecule has 0 saturated carbocycles. The van der Waals surface area contributed by atoms with Gasteiger partial charge in [0.1, 0.15) is 5.76 Å². The molecule has 3 nitrogen and oxygen atoms in total. The Kier molecular flexibility index (Phi) is 3.14. The van der Waals surface area contributed by atoms with Gasteiger partial charge in [-0.3, -0.25) is 4.79 Å². The number of hydrogen-bond acceptors (Lipinski definition) is 2. The standard InChI is InChI=1S/C13H11F2NO2/c1-7-5-12(18-8(7)2)13(17)16-9-3-4-10(14)11(15)6-9/h3-6H,1-2H3,(H,16,17). The van der Waals surface area contributed by atoms with Crippen molar-refractivity contribution in [2.45, 2.75) is 13.8 Å². The Morgan fingerprint density at radius 2 is 1.89 bits per heavy atom. The predicted octanol–water partition coefficient (Wildman–Crippen LogP) is 3.43. The van der Waals surface area contributed by atoms with Gasteiger partial charge in [0.15, 0.2) is 17.4 Å². The van der Waals surface area contributed by atoms with Crippen LogP contribution in [-0.2, 0) is 0 Å². The second kappa shape index (κ2) is 4.60. The molecular weight excluding hydrogens is 240 g/mol. The lowest BCUT2D eigenvalue weighted by Gasteiger charge is -2.03. The van der Waals surface area contributed by atoms with Crippen molar-refractivity contribution >= 4 is 11.6 Å². The number of carbonyl (C=O) groups is 1. The number of anilines is 1. The van der Waals surface area contributed by atoms with E-state index in [1.54, 1.807) is 13.0 Å². The van der Waals surface area contributed by atoms with Crippen molar-refractivity contribution in [3.05, 3.63) is 53.0 Å². The summed E-state index contributed by atoms with van der Waals surface area (Å²) in [5.74, 6) is -1.70. The Bertz CT molecular complexity index is 586. The molecule has 18 heavy (non-hydrogen) atoms. The number of halogens is 2. The van der Waals surface area contributed by atoms with Crippen LogP contribution in [0.3, 0.4) is 0 Å². The zero-order chi connectivity index (χ0) is 13.3. The van der Waals surface area contributed by atoms with Gasteiger partial charge in [-0.1, -0.05) is 0 Å². The van der Waals surface area contributed by atoms with Crippen molar-refractivity contribution < 1.29 is 18.0 Å². The quantitative estimate of drug-likeness (QED) is 0.888. The van der Waals surface area contributed by atoms with Crippen LogP contribution in [0.4, 0.5) is 14.5 Å². The highest BCUT2D eigenvalue weighted by Crippen LogP contribution is 2.17. The van der Waals surface area contributed by atoms with E-state index in [2.05, 4.69) is 5.32 Å². The summed E-state index contributed by atoms with van der Waals surface area (Å²) in [7, 11) is 0. The molecule has 94 valence electrons. The minimum Gasteiger partial charge on any atom is -0.456 e. The summed E-state index contributed by atoms with van der Waals surface area (Å²) in [5, 5.41) is 2.43. The minimum atomic E-state index is -1.01. The molecule has 0 saturated heterocycles. The molecule has 1 amide bonds. The number of furan rings is 1. The molecule has 0 radical (unpaired) electrons. The zero-order valence-corrected chi connectivity index (χ0v) is 9.88. The number of amides is 1. The molecular formula is C13H11F2NO2. The third kappa shape index (κ3) is 2.40. The van der Waals surface area contributed by atoms with E-state index in [9.17, 15) is 13.6 Å². The number of hydrogen-bond donors (Lipinski definition) is 1. The summed E-state index contributed by atoms with van der Waals surface area (Å²) >= 11 is 0. The van der Waals surface area contributed by atoms with Crippen LogP contribution < -0.4 is 5.32 Å². The van der Waals surface area contributed by atoms with Gasteiger partial charge in [-0.05, 0) is 37.6 Å². The zero-order valence-electron chi connectivity index (χ0n) is 9.88. The van der Waals surface area contributed by atoms with Crippen LogP contribution in [0, 0.1) is 25.5 Å². The van der Waals surface area contributed by atoms with E-state index in [0.717, 1.165) is 17.7 Å². The highest BCUT2D eigenvalue weighted by molar-refractivity contribution is 6.02. The molecule has 0 aliphatic carbocycles. The monoisotopic (exact) mass is 251 g/mol. The SMILES string of the molecule is Cc1cc(C(=O)Nc2ccc(F)c(F)c2)oc1C. The van der Waals surface area contributed by atoms with Gasteiger partial charge in [0.05, 0.1) is 0 Å². The Hall–Kier alpha value is -2.17. The van der Waals surface area contributed by atoms with Crippen LogP contribution in [0.1, 0.15) is 21.9 Å². The van der Waals surface area contributed by atoms with Crippen LogP contribution in [0.2, 0.25) is 0 Å². The molecule has 5 heteroatoms. The van der Waals surface area contributed by atoms with Crippen molar-refractivity contribution in [1.29, 1.82) is 0 Å². The fourth-order valence-corrected chi connectivity index (χ4v) is 1.45. The first-order valence-electron chi connectivity index (χ1n) is 5.31. The van der Waals surface area contributed by atoms with Gasteiger partial charge in [0, 0.05) is 11.8 Å². The van der Waals surface area contributed by atoms with Gasteiger partial charge in [0.25, 0.3) is 5.91 Å². The third-order valence-corrected chi connectivity index (χ3v) is 2.57. The van der Waals surface area contributed by atoms with E-state index < -0.39 is 17.5 Å². The molecule has 2 rings (SSSR count). The van der Waals surface area contributed by atoms with Crippen LogP contribution in [0.15, 0.2) is 28.7 Å². The minimum absolute atomic E-state index is 0.134. The molecule has 0 aliphatic heterocycles. The van der Waals surface area contributed by atoms with E-state index in [0.29, 0.717) is 5.76 Å². The first-order valence-corrected chi connectivity index (χ1v) is 5.31. The van der Waals surface area contributed by atoms with Crippen LogP contribution in [-0.4, -0.2) is 5.91 Å². The maximum atomic E-state index is 13.0. The third-order valence-electron chi connectivity index (χ3n) is 2.57. The Balaban J connectivity index is 2.18. The summed E-state index contributed by atoms with van der Waals surface area (Å²) in [5.41, 5.74) is 1.02. The number of carbonyl (C=O) groups excluding carboxylic acids is 1. The Morgan fingerprint density at radius 1 is 1.17 bits per heavy atom. The summed E-state index contributed by atoms with van der Waals surface area (Å²) in [6.07, 6.45) is 0. The number of rotatable bonds is 2. The number of benzene rings is 1.